The molecule has 0 unspecified atom stereocenters. The van der Waals surface area contributed by atoms with Gasteiger partial charge in [0.25, 0.3) is 0 Å². The summed E-state index contributed by atoms with van der Waals surface area (Å²) < 4.78 is 10.4. The van der Waals surface area contributed by atoms with Crippen molar-refractivity contribution in [2.75, 3.05) is 44.3 Å². The lowest BCUT2D eigenvalue weighted by molar-refractivity contribution is 0.0479. The van der Waals surface area contributed by atoms with E-state index in [1.807, 2.05) is 12.1 Å². The van der Waals surface area contributed by atoms with Crippen molar-refractivity contribution in [3.63, 3.8) is 0 Å². The van der Waals surface area contributed by atoms with Crippen molar-refractivity contribution in [2.24, 2.45) is 0 Å². The maximum Gasteiger partial charge on any atom is 0.341 e. The van der Waals surface area contributed by atoms with E-state index in [2.05, 4.69) is 34.1 Å². The molecule has 0 amide bonds. The summed E-state index contributed by atoms with van der Waals surface area (Å²) in [6.07, 6.45) is 0. The summed E-state index contributed by atoms with van der Waals surface area (Å²) in [5, 5.41) is 0. The Morgan fingerprint density at radius 1 is 0.828 bits per heavy atom. The van der Waals surface area contributed by atoms with Crippen LogP contribution >= 0.6 is 0 Å². The van der Waals surface area contributed by atoms with Gasteiger partial charge in [-0.2, -0.15) is 0 Å². The van der Waals surface area contributed by atoms with Gasteiger partial charge in [0.1, 0.15) is 0 Å². The molecular formula is C23H28N2O4. The molecule has 2 aromatic rings. The summed E-state index contributed by atoms with van der Waals surface area (Å²) in [5.74, 6) is -0.988. The van der Waals surface area contributed by atoms with Crippen molar-refractivity contribution >= 4 is 17.6 Å². The Morgan fingerprint density at radius 3 is 2.14 bits per heavy atom. The van der Waals surface area contributed by atoms with Crippen LogP contribution in [0, 0.1) is 0 Å². The minimum atomic E-state index is -0.500. The topological polar surface area (TPSA) is 59.1 Å². The van der Waals surface area contributed by atoms with E-state index in [0.717, 1.165) is 38.4 Å². The number of nitrogens with zero attached hydrogens (tertiary/aromatic N) is 2. The van der Waals surface area contributed by atoms with E-state index < -0.39 is 11.9 Å². The molecule has 1 heterocycles. The number of rotatable bonds is 7. The Balaban J connectivity index is 1.78. The first-order chi connectivity index (χ1) is 14.1. The van der Waals surface area contributed by atoms with Crippen LogP contribution in [0.4, 0.5) is 5.69 Å². The molecule has 154 valence electrons. The number of hydrogen-bond acceptors (Lipinski definition) is 6. The molecule has 1 aliphatic heterocycles. The number of anilines is 1. The van der Waals surface area contributed by atoms with Gasteiger partial charge in [0.2, 0.25) is 0 Å². The second kappa shape index (κ2) is 10.1. The van der Waals surface area contributed by atoms with E-state index in [-0.39, 0.29) is 18.8 Å². The lowest BCUT2D eigenvalue weighted by Crippen LogP contribution is -2.46. The fourth-order valence-electron chi connectivity index (χ4n) is 3.59. The molecule has 0 bridgehead atoms. The van der Waals surface area contributed by atoms with Gasteiger partial charge in [-0.15, -0.1) is 0 Å². The maximum atomic E-state index is 12.7. The second-order valence-electron chi connectivity index (χ2n) is 6.89. The van der Waals surface area contributed by atoms with Crippen LogP contribution in [-0.4, -0.2) is 56.2 Å². The van der Waals surface area contributed by atoms with Crippen molar-refractivity contribution in [3.05, 3.63) is 65.2 Å². The van der Waals surface area contributed by atoms with Crippen LogP contribution in [-0.2, 0) is 16.0 Å². The van der Waals surface area contributed by atoms with Gasteiger partial charge in [-0.25, -0.2) is 9.59 Å². The van der Waals surface area contributed by atoms with Crippen molar-refractivity contribution < 1.29 is 19.1 Å². The zero-order valence-corrected chi connectivity index (χ0v) is 17.1. The SMILES string of the molecule is CCOC(=O)c1cccc(N2CCN(Cc3ccccc3)CC2)c1C(=O)OCC. The minimum absolute atomic E-state index is 0.250. The van der Waals surface area contributed by atoms with E-state index in [1.165, 1.54) is 5.56 Å². The van der Waals surface area contributed by atoms with E-state index >= 15 is 0 Å². The van der Waals surface area contributed by atoms with E-state index in [1.54, 1.807) is 26.0 Å². The van der Waals surface area contributed by atoms with Gasteiger partial charge >= 0.3 is 11.9 Å². The highest BCUT2D eigenvalue weighted by Crippen LogP contribution is 2.27. The highest BCUT2D eigenvalue weighted by atomic mass is 16.5. The second-order valence-corrected chi connectivity index (χ2v) is 6.89. The van der Waals surface area contributed by atoms with Gasteiger partial charge < -0.3 is 14.4 Å². The monoisotopic (exact) mass is 396 g/mol. The van der Waals surface area contributed by atoms with Crippen LogP contribution in [0.1, 0.15) is 40.1 Å². The smallest absolute Gasteiger partial charge is 0.341 e. The van der Waals surface area contributed by atoms with Gasteiger partial charge in [0.15, 0.2) is 0 Å². The summed E-state index contributed by atoms with van der Waals surface area (Å²) in [6, 6.07) is 15.7. The Bertz CT molecular complexity index is 830. The number of piperazine rings is 1. The normalized spacial score (nSPS) is 14.5. The Hall–Kier alpha value is -2.86. The molecule has 0 saturated carbocycles. The Labute approximate surface area is 172 Å². The van der Waals surface area contributed by atoms with Crippen molar-refractivity contribution in [3.8, 4) is 0 Å². The molecule has 0 aromatic heterocycles. The zero-order chi connectivity index (χ0) is 20.6. The Kier molecular flexibility index (Phi) is 7.25. The van der Waals surface area contributed by atoms with E-state index in [0.29, 0.717) is 5.56 Å². The molecule has 0 spiro atoms. The van der Waals surface area contributed by atoms with Crippen LogP contribution < -0.4 is 4.90 Å². The average Bonchev–Trinajstić information content (AvgIpc) is 2.75. The summed E-state index contributed by atoms with van der Waals surface area (Å²) >= 11 is 0. The van der Waals surface area contributed by atoms with Gasteiger partial charge in [-0.05, 0) is 31.5 Å². The third-order valence-electron chi connectivity index (χ3n) is 4.98. The molecule has 0 atom stereocenters. The summed E-state index contributed by atoms with van der Waals surface area (Å²) in [5.41, 5.74) is 2.57. The molecule has 29 heavy (non-hydrogen) atoms. The summed E-state index contributed by atoms with van der Waals surface area (Å²) in [6.45, 7) is 8.20. The predicted octanol–water partition coefficient (Wildman–Crippen LogP) is 3.36. The van der Waals surface area contributed by atoms with Gasteiger partial charge in [0, 0.05) is 32.7 Å². The number of carbonyl (C=O) groups is 2. The predicted molar refractivity (Wildman–Crippen MR) is 112 cm³/mol. The molecule has 1 saturated heterocycles. The lowest BCUT2D eigenvalue weighted by Gasteiger charge is -2.37. The molecule has 0 radical (unpaired) electrons. The lowest BCUT2D eigenvalue weighted by atomic mass is 10.0. The van der Waals surface area contributed by atoms with Crippen LogP contribution in [0.3, 0.4) is 0 Å². The van der Waals surface area contributed by atoms with Gasteiger partial charge in [-0.3, -0.25) is 4.90 Å². The fraction of sp³-hybridized carbons (Fsp3) is 0.391. The fourth-order valence-corrected chi connectivity index (χ4v) is 3.59. The van der Waals surface area contributed by atoms with Crippen LogP contribution in [0.5, 0.6) is 0 Å². The van der Waals surface area contributed by atoms with Crippen molar-refractivity contribution in [1.82, 2.24) is 4.90 Å². The number of carbonyl (C=O) groups excluding carboxylic acids is 2. The third kappa shape index (κ3) is 5.15. The number of ether oxygens (including phenoxy) is 2. The van der Waals surface area contributed by atoms with E-state index in [9.17, 15) is 9.59 Å². The molecule has 6 heteroatoms. The number of esters is 2. The molecule has 1 aliphatic rings. The van der Waals surface area contributed by atoms with Crippen LogP contribution in [0.15, 0.2) is 48.5 Å². The Morgan fingerprint density at radius 2 is 1.48 bits per heavy atom. The highest BCUT2D eigenvalue weighted by molar-refractivity contribution is 6.07. The van der Waals surface area contributed by atoms with E-state index in [4.69, 9.17) is 9.47 Å². The molecule has 1 fully saturated rings. The number of hydrogen-bond donors (Lipinski definition) is 0. The number of benzene rings is 2. The highest BCUT2D eigenvalue weighted by Gasteiger charge is 2.27. The van der Waals surface area contributed by atoms with Gasteiger partial charge in [-0.1, -0.05) is 36.4 Å². The zero-order valence-electron chi connectivity index (χ0n) is 17.1. The first kappa shape index (κ1) is 20.9. The molecule has 0 N–H and O–H groups in total. The average molecular weight is 396 g/mol. The molecule has 2 aromatic carbocycles. The molecular weight excluding hydrogens is 368 g/mol. The molecule has 0 aliphatic carbocycles. The first-order valence-corrected chi connectivity index (χ1v) is 10.1. The largest absolute Gasteiger partial charge is 0.462 e. The van der Waals surface area contributed by atoms with Crippen LogP contribution in [0.25, 0.3) is 0 Å². The summed E-state index contributed by atoms with van der Waals surface area (Å²) in [4.78, 5) is 29.6. The molecule has 6 nitrogen and oxygen atoms in total. The minimum Gasteiger partial charge on any atom is -0.462 e. The summed E-state index contributed by atoms with van der Waals surface area (Å²) in [7, 11) is 0. The van der Waals surface area contributed by atoms with Gasteiger partial charge in [0.05, 0.1) is 30.0 Å². The maximum absolute atomic E-state index is 12.7. The standard InChI is InChI=1S/C23H28N2O4/c1-3-28-22(26)19-11-8-12-20(21(19)23(27)29-4-2)25-15-13-24(14-16-25)17-18-9-6-5-7-10-18/h5-12H,3-4,13-17H2,1-2H3. The first-order valence-electron chi connectivity index (χ1n) is 10.1. The quantitative estimate of drug-likeness (QED) is 0.669. The van der Waals surface area contributed by atoms with Crippen LogP contribution in [0.2, 0.25) is 0 Å². The molecule has 3 rings (SSSR count). The van der Waals surface area contributed by atoms with Crippen molar-refractivity contribution in [1.29, 1.82) is 0 Å². The van der Waals surface area contributed by atoms with Crippen molar-refractivity contribution in [2.45, 2.75) is 20.4 Å². The third-order valence-corrected chi connectivity index (χ3v) is 4.98.